The van der Waals surface area contributed by atoms with Crippen molar-refractivity contribution in [1.29, 1.82) is 0 Å². The lowest BCUT2D eigenvalue weighted by atomic mass is 10.1. The van der Waals surface area contributed by atoms with Gasteiger partial charge in [-0.2, -0.15) is 10.1 Å². The van der Waals surface area contributed by atoms with Gasteiger partial charge in [-0.1, -0.05) is 25.7 Å². The van der Waals surface area contributed by atoms with Crippen LogP contribution < -0.4 is 10.6 Å². The SMILES string of the molecule is CC(=O)Nc1ccc(Nc2ncc3cnn(C4CCCCCC4)c3n2)cc1. The summed E-state index contributed by atoms with van der Waals surface area (Å²) in [7, 11) is 0. The standard InChI is InChI=1S/C20H24N6O/c1-14(27)23-16-8-10-17(11-9-16)24-20-21-12-15-13-22-26(19(15)25-20)18-6-4-2-3-5-7-18/h8-13,18H,2-7H2,1H3,(H,23,27)(H,21,24,25). The van der Waals surface area contributed by atoms with Gasteiger partial charge >= 0.3 is 0 Å². The van der Waals surface area contributed by atoms with Gasteiger partial charge in [0.05, 0.1) is 17.6 Å². The fraction of sp³-hybridized carbons (Fsp3) is 0.400. The molecule has 0 radical (unpaired) electrons. The van der Waals surface area contributed by atoms with Gasteiger partial charge in [0, 0.05) is 24.5 Å². The van der Waals surface area contributed by atoms with E-state index < -0.39 is 0 Å². The van der Waals surface area contributed by atoms with E-state index >= 15 is 0 Å². The van der Waals surface area contributed by atoms with E-state index in [2.05, 4.69) is 25.4 Å². The minimum Gasteiger partial charge on any atom is -0.326 e. The van der Waals surface area contributed by atoms with E-state index in [0.29, 0.717) is 12.0 Å². The molecule has 0 atom stereocenters. The molecule has 0 spiro atoms. The maximum atomic E-state index is 11.1. The van der Waals surface area contributed by atoms with Crippen LogP contribution in [-0.2, 0) is 4.79 Å². The molecule has 1 saturated carbocycles. The molecule has 2 aromatic heterocycles. The predicted molar refractivity (Wildman–Crippen MR) is 106 cm³/mol. The van der Waals surface area contributed by atoms with Crippen molar-refractivity contribution in [2.24, 2.45) is 0 Å². The smallest absolute Gasteiger partial charge is 0.229 e. The minimum atomic E-state index is -0.0868. The first-order valence-electron chi connectivity index (χ1n) is 9.54. The molecule has 7 heteroatoms. The minimum absolute atomic E-state index is 0.0868. The van der Waals surface area contributed by atoms with E-state index in [4.69, 9.17) is 4.98 Å². The number of hydrogen-bond donors (Lipinski definition) is 2. The average Bonchev–Trinajstić information content (AvgIpc) is 2.88. The van der Waals surface area contributed by atoms with E-state index in [1.807, 2.05) is 36.7 Å². The van der Waals surface area contributed by atoms with Crippen molar-refractivity contribution < 1.29 is 4.79 Å². The Bertz CT molecular complexity index is 925. The molecule has 27 heavy (non-hydrogen) atoms. The van der Waals surface area contributed by atoms with Crippen molar-refractivity contribution in [3.8, 4) is 0 Å². The molecule has 0 aliphatic heterocycles. The predicted octanol–water partition coefficient (Wildman–Crippen LogP) is 4.42. The Morgan fingerprint density at radius 3 is 2.44 bits per heavy atom. The summed E-state index contributed by atoms with van der Waals surface area (Å²) in [5.41, 5.74) is 2.51. The number of aromatic nitrogens is 4. The van der Waals surface area contributed by atoms with Crippen LogP contribution in [-0.4, -0.2) is 25.7 Å². The molecule has 1 aliphatic rings. The van der Waals surface area contributed by atoms with Gasteiger partial charge in [-0.25, -0.2) is 9.67 Å². The highest BCUT2D eigenvalue weighted by atomic mass is 16.1. The summed E-state index contributed by atoms with van der Waals surface area (Å²) in [6, 6.07) is 7.89. The molecule has 1 amide bonds. The lowest BCUT2D eigenvalue weighted by Crippen LogP contribution is -2.11. The fourth-order valence-electron chi connectivity index (χ4n) is 3.63. The molecule has 1 aromatic carbocycles. The second kappa shape index (κ2) is 7.73. The number of fused-ring (bicyclic) bond motifs is 1. The highest BCUT2D eigenvalue weighted by molar-refractivity contribution is 5.88. The summed E-state index contributed by atoms with van der Waals surface area (Å²) in [6.07, 6.45) is 11.1. The maximum absolute atomic E-state index is 11.1. The molecule has 2 heterocycles. The van der Waals surface area contributed by atoms with Crippen molar-refractivity contribution in [3.05, 3.63) is 36.7 Å². The van der Waals surface area contributed by atoms with Gasteiger partial charge in [0.2, 0.25) is 11.9 Å². The van der Waals surface area contributed by atoms with Crippen LogP contribution in [0.2, 0.25) is 0 Å². The summed E-state index contributed by atoms with van der Waals surface area (Å²) < 4.78 is 2.08. The zero-order chi connectivity index (χ0) is 18.6. The second-order valence-corrected chi connectivity index (χ2v) is 7.09. The molecular weight excluding hydrogens is 340 g/mol. The van der Waals surface area contributed by atoms with Crippen LogP contribution >= 0.6 is 0 Å². The molecule has 0 unspecified atom stereocenters. The van der Waals surface area contributed by atoms with E-state index in [1.165, 1.54) is 32.6 Å². The number of carbonyl (C=O) groups is 1. The number of benzene rings is 1. The first kappa shape index (κ1) is 17.5. The Morgan fingerprint density at radius 1 is 1.04 bits per heavy atom. The summed E-state index contributed by atoms with van der Waals surface area (Å²) in [5, 5.41) is 11.5. The number of nitrogens with one attached hydrogen (secondary N) is 2. The molecule has 4 rings (SSSR count). The number of hydrogen-bond acceptors (Lipinski definition) is 5. The third kappa shape index (κ3) is 4.07. The Hall–Kier alpha value is -2.96. The summed E-state index contributed by atoms with van der Waals surface area (Å²) >= 11 is 0. The van der Waals surface area contributed by atoms with E-state index in [1.54, 1.807) is 0 Å². The number of rotatable bonds is 4. The van der Waals surface area contributed by atoms with Crippen molar-refractivity contribution >= 4 is 34.3 Å². The van der Waals surface area contributed by atoms with Crippen molar-refractivity contribution in [2.45, 2.75) is 51.5 Å². The van der Waals surface area contributed by atoms with Crippen LogP contribution in [0.3, 0.4) is 0 Å². The fourth-order valence-corrected chi connectivity index (χ4v) is 3.63. The van der Waals surface area contributed by atoms with Gasteiger partial charge in [-0.15, -0.1) is 0 Å². The van der Waals surface area contributed by atoms with Gasteiger partial charge < -0.3 is 10.6 Å². The van der Waals surface area contributed by atoms with Crippen LogP contribution in [0.15, 0.2) is 36.7 Å². The second-order valence-electron chi connectivity index (χ2n) is 7.09. The van der Waals surface area contributed by atoms with Gasteiger partial charge in [-0.05, 0) is 37.1 Å². The quantitative estimate of drug-likeness (QED) is 0.669. The summed E-state index contributed by atoms with van der Waals surface area (Å²) in [4.78, 5) is 20.2. The summed E-state index contributed by atoms with van der Waals surface area (Å²) in [6.45, 7) is 1.49. The Labute approximate surface area is 158 Å². The molecule has 2 N–H and O–H groups in total. The first-order valence-corrected chi connectivity index (χ1v) is 9.54. The monoisotopic (exact) mass is 364 g/mol. The van der Waals surface area contributed by atoms with E-state index in [0.717, 1.165) is 35.2 Å². The maximum Gasteiger partial charge on any atom is 0.229 e. The van der Waals surface area contributed by atoms with Gasteiger partial charge in [0.1, 0.15) is 0 Å². The number of carbonyl (C=O) groups excluding carboxylic acids is 1. The zero-order valence-electron chi connectivity index (χ0n) is 15.5. The zero-order valence-corrected chi connectivity index (χ0v) is 15.5. The lowest BCUT2D eigenvalue weighted by molar-refractivity contribution is -0.114. The van der Waals surface area contributed by atoms with Crippen LogP contribution in [0.25, 0.3) is 11.0 Å². The molecule has 7 nitrogen and oxygen atoms in total. The number of nitrogens with zero attached hydrogens (tertiary/aromatic N) is 4. The number of anilines is 3. The Kier molecular flexibility index (Phi) is 5.00. The lowest BCUT2D eigenvalue weighted by Gasteiger charge is -2.15. The largest absolute Gasteiger partial charge is 0.326 e. The van der Waals surface area contributed by atoms with Crippen LogP contribution in [0, 0.1) is 0 Å². The highest BCUT2D eigenvalue weighted by Crippen LogP contribution is 2.29. The number of amides is 1. The highest BCUT2D eigenvalue weighted by Gasteiger charge is 2.18. The van der Waals surface area contributed by atoms with Crippen molar-refractivity contribution in [3.63, 3.8) is 0 Å². The normalized spacial score (nSPS) is 15.4. The Morgan fingerprint density at radius 2 is 1.74 bits per heavy atom. The molecule has 0 bridgehead atoms. The topological polar surface area (TPSA) is 84.7 Å². The summed E-state index contributed by atoms with van der Waals surface area (Å²) in [5.74, 6) is 0.460. The van der Waals surface area contributed by atoms with E-state index in [-0.39, 0.29) is 5.91 Å². The van der Waals surface area contributed by atoms with Gasteiger partial charge in [0.25, 0.3) is 0 Å². The third-order valence-corrected chi connectivity index (χ3v) is 4.97. The van der Waals surface area contributed by atoms with Crippen LogP contribution in [0.5, 0.6) is 0 Å². The van der Waals surface area contributed by atoms with Crippen molar-refractivity contribution in [2.75, 3.05) is 10.6 Å². The van der Waals surface area contributed by atoms with E-state index in [9.17, 15) is 4.79 Å². The van der Waals surface area contributed by atoms with Gasteiger partial charge in [-0.3, -0.25) is 4.79 Å². The molecular formula is C20H24N6O. The molecule has 0 saturated heterocycles. The van der Waals surface area contributed by atoms with Crippen LogP contribution in [0.4, 0.5) is 17.3 Å². The van der Waals surface area contributed by atoms with Crippen LogP contribution in [0.1, 0.15) is 51.5 Å². The van der Waals surface area contributed by atoms with Crippen molar-refractivity contribution in [1.82, 2.24) is 19.7 Å². The Balaban J connectivity index is 1.55. The van der Waals surface area contributed by atoms with Gasteiger partial charge in [0.15, 0.2) is 5.65 Å². The molecule has 1 aliphatic carbocycles. The molecule has 1 fully saturated rings. The molecule has 3 aromatic rings. The first-order chi connectivity index (χ1) is 13.2. The third-order valence-electron chi connectivity index (χ3n) is 4.97. The molecule has 140 valence electrons. The average molecular weight is 364 g/mol.